The molecule has 1 amide bonds. The summed E-state index contributed by atoms with van der Waals surface area (Å²) >= 11 is 0. The zero-order chi connectivity index (χ0) is 14.8. The van der Waals surface area contributed by atoms with Gasteiger partial charge in [0.1, 0.15) is 17.9 Å². The van der Waals surface area contributed by atoms with Crippen molar-refractivity contribution < 1.29 is 18.3 Å². The summed E-state index contributed by atoms with van der Waals surface area (Å²) in [5.41, 5.74) is 4.56. The van der Waals surface area contributed by atoms with E-state index in [1.165, 1.54) is 6.07 Å². The summed E-state index contributed by atoms with van der Waals surface area (Å²) in [7, 11) is 0. The number of carbonyl (C=O) groups excluding carboxylic acids is 1. The van der Waals surface area contributed by atoms with Gasteiger partial charge in [-0.15, -0.1) is 0 Å². The molecule has 0 bridgehead atoms. The van der Waals surface area contributed by atoms with E-state index in [0.29, 0.717) is 6.54 Å². The van der Waals surface area contributed by atoms with Gasteiger partial charge in [0.2, 0.25) is 5.91 Å². The summed E-state index contributed by atoms with van der Waals surface area (Å²) in [5.74, 6) is -2.10. The quantitative estimate of drug-likeness (QED) is 0.799. The van der Waals surface area contributed by atoms with Crippen LogP contribution in [0.15, 0.2) is 18.2 Å². The van der Waals surface area contributed by atoms with Crippen LogP contribution in [0.5, 0.6) is 5.75 Å². The van der Waals surface area contributed by atoms with E-state index >= 15 is 0 Å². The minimum atomic E-state index is -0.984. The predicted octanol–water partition coefficient (Wildman–Crippen LogP) is 1.59. The Bertz CT molecular complexity index is 506. The van der Waals surface area contributed by atoms with Crippen molar-refractivity contribution >= 4 is 5.91 Å². The molecule has 0 spiro atoms. The van der Waals surface area contributed by atoms with Gasteiger partial charge in [0.05, 0.1) is 0 Å². The van der Waals surface area contributed by atoms with E-state index in [-0.39, 0.29) is 18.3 Å². The second-order valence-electron chi connectivity index (χ2n) is 5.00. The molecule has 0 saturated heterocycles. The van der Waals surface area contributed by atoms with Gasteiger partial charge in [-0.2, -0.15) is 0 Å². The molecule has 20 heavy (non-hydrogen) atoms. The second kappa shape index (κ2) is 5.75. The highest BCUT2D eigenvalue weighted by Crippen LogP contribution is 2.40. The van der Waals surface area contributed by atoms with E-state index in [2.05, 4.69) is 5.32 Å². The molecule has 3 N–H and O–H groups in total. The van der Waals surface area contributed by atoms with E-state index in [1.807, 2.05) is 6.92 Å². The molecular weight excluding hydrogens is 266 g/mol. The van der Waals surface area contributed by atoms with Crippen molar-refractivity contribution in [2.75, 3.05) is 13.2 Å². The molecule has 1 aliphatic carbocycles. The number of ether oxygens (including phenoxy) is 1. The van der Waals surface area contributed by atoms with Crippen molar-refractivity contribution in [1.29, 1.82) is 0 Å². The fraction of sp³-hybridized carbons (Fsp3) is 0.500. The lowest BCUT2D eigenvalue weighted by atomic mass is 9.93. The molecule has 1 saturated carbocycles. The third-order valence-electron chi connectivity index (χ3n) is 3.56. The molecule has 1 atom stereocenters. The fourth-order valence-corrected chi connectivity index (χ4v) is 2.33. The van der Waals surface area contributed by atoms with Crippen molar-refractivity contribution in [3.63, 3.8) is 0 Å². The van der Waals surface area contributed by atoms with Crippen LogP contribution in [0.4, 0.5) is 8.78 Å². The van der Waals surface area contributed by atoms with E-state index in [0.717, 1.165) is 25.0 Å². The molecular formula is C14H18F2N2O2. The van der Waals surface area contributed by atoms with Gasteiger partial charge in [-0.1, -0.05) is 6.92 Å². The zero-order valence-corrected chi connectivity index (χ0v) is 11.3. The molecule has 0 heterocycles. The van der Waals surface area contributed by atoms with Crippen LogP contribution in [0.2, 0.25) is 0 Å². The number of hydrogen-bond acceptors (Lipinski definition) is 3. The number of likely N-dealkylation sites (N-methyl/N-ethyl adjacent to an activating group) is 1. The topological polar surface area (TPSA) is 64.3 Å². The van der Waals surface area contributed by atoms with Gasteiger partial charge < -0.3 is 15.8 Å². The fourth-order valence-electron chi connectivity index (χ4n) is 2.33. The Morgan fingerprint density at radius 1 is 1.45 bits per heavy atom. The van der Waals surface area contributed by atoms with Crippen molar-refractivity contribution in [3.8, 4) is 5.75 Å². The number of hydrogen-bond donors (Lipinski definition) is 2. The van der Waals surface area contributed by atoms with Gasteiger partial charge in [-0.05, 0) is 37.4 Å². The van der Waals surface area contributed by atoms with Crippen molar-refractivity contribution in [2.24, 2.45) is 11.7 Å². The normalized spacial score (nSPS) is 17.6. The number of halogens is 2. The Morgan fingerprint density at radius 3 is 2.65 bits per heavy atom. The van der Waals surface area contributed by atoms with Crippen LogP contribution < -0.4 is 15.8 Å². The summed E-state index contributed by atoms with van der Waals surface area (Å²) in [4.78, 5) is 11.8. The van der Waals surface area contributed by atoms with Gasteiger partial charge in [-0.25, -0.2) is 8.78 Å². The average molecular weight is 284 g/mol. The minimum Gasteiger partial charge on any atom is -0.491 e. The third-order valence-corrected chi connectivity index (χ3v) is 3.56. The molecule has 0 aliphatic heterocycles. The van der Waals surface area contributed by atoms with Crippen LogP contribution in [-0.4, -0.2) is 24.6 Å². The maximum atomic E-state index is 13.1. The number of benzene rings is 1. The standard InChI is InChI=1S/C14H18F2N2O2/c1-2-18-14(13(17)19,9-3-4-9)8-20-10-5-6-11(15)12(16)7-10/h5-7,9,18H,2-4,8H2,1H3,(H2,17,19). The molecule has 2 rings (SSSR count). The number of rotatable bonds is 7. The van der Waals surface area contributed by atoms with E-state index in [9.17, 15) is 13.6 Å². The summed E-state index contributed by atoms with van der Waals surface area (Å²) < 4.78 is 31.4. The number of amides is 1. The molecule has 0 radical (unpaired) electrons. The first-order chi connectivity index (χ1) is 9.49. The average Bonchev–Trinajstić information content (AvgIpc) is 3.23. The largest absolute Gasteiger partial charge is 0.491 e. The van der Waals surface area contributed by atoms with Crippen LogP contribution in [0, 0.1) is 17.6 Å². The molecule has 1 fully saturated rings. The summed E-state index contributed by atoms with van der Waals surface area (Å²) in [6, 6.07) is 3.27. The smallest absolute Gasteiger partial charge is 0.241 e. The van der Waals surface area contributed by atoms with Gasteiger partial charge in [0, 0.05) is 6.07 Å². The third kappa shape index (κ3) is 2.90. The first-order valence-corrected chi connectivity index (χ1v) is 6.62. The van der Waals surface area contributed by atoms with Crippen LogP contribution in [0.1, 0.15) is 19.8 Å². The highest BCUT2D eigenvalue weighted by molar-refractivity contribution is 5.85. The van der Waals surface area contributed by atoms with E-state index in [1.54, 1.807) is 0 Å². The lowest BCUT2D eigenvalue weighted by Gasteiger charge is -2.31. The van der Waals surface area contributed by atoms with Gasteiger partial charge in [0.25, 0.3) is 0 Å². The highest BCUT2D eigenvalue weighted by atomic mass is 19.2. The monoisotopic (exact) mass is 284 g/mol. The van der Waals surface area contributed by atoms with Crippen LogP contribution in [0.25, 0.3) is 0 Å². The SMILES string of the molecule is CCNC(COc1ccc(F)c(F)c1)(C(N)=O)C1CC1. The second-order valence-corrected chi connectivity index (χ2v) is 5.00. The molecule has 1 aromatic carbocycles. The van der Waals surface area contributed by atoms with E-state index in [4.69, 9.17) is 10.5 Å². The molecule has 1 aromatic rings. The van der Waals surface area contributed by atoms with Crippen LogP contribution >= 0.6 is 0 Å². The van der Waals surface area contributed by atoms with E-state index < -0.39 is 23.1 Å². The van der Waals surface area contributed by atoms with Gasteiger partial charge in [-0.3, -0.25) is 4.79 Å². The zero-order valence-electron chi connectivity index (χ0n) is 11.3. The maximum absolute atomic E-state index is 13.1. The molecule has 0 aromatic heterocycles. The number of nitrogens with one attached hydrogen (secondary N) is 1. The lowest BCUT2D eigenvalue weighted by molar-refractivity contribution is -0.126. The first kappa shape index (κ1) is 14.7. The minimum absolute atomic E-state index is 0.00587. The van der Waals surface area contributed by atoms with Crippen molar-refractivity contribution in [3.05, 3.63) is 29.8 Å². The summed E-state index contributed by atoms with van der Waals surface area (Å²) in [6.45, 7) is 2.45. The lowest BCUT2D eigenvalue weighted by Crippen LogP contribution is -2.61. The highest BCUT2D eigenvalue weighted by Gasteiger charge is 2.50. The Hall–Kier alpha value is -1.69. The maximum Gasteiger partial charge on any atom is 0.241 e. The predicted molar refractivity (Wildman–Crippen MR) is 70.2 cm³/mol. The van der Waals surface area contributed by atoms with Crippen LogP contribution in [-0.2, 0) is 4.79 Å². The number of carbonyl (C=O) groups is 1. The van der Waals surface area contributed by atoms with Crippen molar-refractivity contribution in [1.82, 2.24) is 5.32 Å². The van der Waals surface area contributed by atoms with Crippen LogP contribution in [0.3, 0.4) is 0 Å². The van der Waals surface area contributed by atoms with Gasteiger partial charge in [0.15, 0.2) is 11.6 Å². The Labute approximate surface area is 116 Å². The molecule has 110 valence electrons. The molecule has 4 nitrogen and oxygen atoms in total. The van der Waals surface area contributed by atoms with Gasteiger partial charge >= 0.3 is 0 Å². The number of nitrogens with two attached hydrogens (primary N) is 1. The molecule has 1 aliphatic rings. The molecule has 1 unspecified atom stereocenters. The first-order valence-electron chi connectivity index (χ1n) is 6.62. The summed E-state index contributed by atoms with van der Waals surface area (Å²) in [6.07, 6.45) is 1.80. The number of primary amides is 1. The van der Waals surface area contributed by atoms with Crippen molar-refractivity contribution in [2.45, 2.75) is 25.3 Å². The summed E-state index contributed by atoms with van der Waals surface area (Å²) in [5, 5.41) is 3.09. The Kier molecular flexibility index (Phi) is 4.23. The molecule has 6 heteroatoms. The Morgan fingerprint density at radius 2 is 2.15 bits per heavy atom. The Balaban J connectivity index is 2.11.